The molecule has 0 saturated heterocycles. The highest BCUT2D eigenvalue weighted by molar-refractivity contribution is 5.74. The Bertz CT molecular complexity index is 397. The standard InChI is InChI=1S/C13H20N2O2/c1-13(2,3)9-6-4-5-7-11(9)15-8-10(14)12(16)17/h4-7,10,15H,8,14H2,1-3H3,(H,16,17). The summed E-state index contributed by atoms with van der Waals surface area (Å²) >= 11 is 0. The first kappa shape index (κ1) is 13.5. The Morgan fingerprint density at radius 2 is 2.00 bits per heavy atom. The highest BCUT2D eigenvalue weighted by Crippen LogP contribution is 2.28. The Hall–Kier alpha value is -1.55. The summed E-state index contributed by atoms with van der Waals surface area (Å²) in [6, 6.07) is 6.99. The van der Waals surface area contributed by atoms with Crippen LogP contribution in [0.4, 0.5) is 5.69 Å². The first-order valence-electron chi connectivity index (χ1n) is 5.64. The molecule has 0 saturated carbocycles. The van der Waals surface area contributed by atoms with Crippen LogP contribution in [0.2, 0.25) is 0 Å². The zero-order valence-electron chi connectivity index (χ0n) is 10.5. The van der Waals surface area contributed by atoms with Gasteiger partial charge in [-0.25, -0.2) is 0 Å². The molecular weight excluding hydrogens is 216 g/mol. The number of rotatable bonds is 4. The Balaban J connectivity index is 2.81. The van der Waals surface area contributed by atoms with E-state index in [9.17, 15) is 4.79 Å². The van der Waals surface area contributed by atoms with E-state index in [1.165, 1.54) is 0 Å². The van der Waals surface area contributed by atoms with Crippen LogP contribution in [-0.2, 0) is 10.2 Å². The molecule has 0 bridgehead atoms. The number of hydrogen-bond donors (Lipinski definition) is 3. The monoisotopic (exact) mass is 236 g/mol. The SMILES string of the molecule is CC(C)(C)c1ccccc1NCC(N)C(=O)O. The first-order valence-corrected chi connectivity index (χ1v) is 5.64. The molecule has 0 fully saturated rings. The minimum absolute atomic E-state index is 0.0108. The number of hydrogen-bond acceptors (Lipinski definition) is 3. The van der Waals surface area contributed by atoms with E-state index in [2.05, 4.69) is 26.1 Å². The summed E-state index contributed by atoms with van der Waals surface area (Å²) in [5.41, 5.74) is 7.56. The van der Waals surface area contributed by atoms with E-state index >= 15 is 0 Å². The number of nitrogens with two attached hydrogens (primary N) is 1. The third-order valence-electron chi connectivity index (χ3n) is 2.56. The third-order valence-corrected chi connectivity index (χ3v) is 2.56. The number of carboxylic acid groups (broad SMARTS) is 1. The number of benzene rings is 1. The van der Waals surface area contributed by atoms with Crippen LogP contribution in [0.5, 0.6) is 0 Å². The van der Waals surface area contributed by atoms with E-state index < -0.39 is 12.0 Å². The van der Waals surface area contributed by atoms with Gasteiger partial charge in [0.2, 0.25) is 0 Å². The molecule has 4 N–H and O–H groups in total. The summed E-state index contributed by atoms with van der Waals surface area (Å²) < 4.78 is 0. The molecule has 4 heteroatoms. The summed E-state index contributed by atoms with van der Waals surface area (Å²) in [6.45, 7) is 6.57. The second kappa shape index (κ2) is 5.19. The summed E-state index contributed by atoms with van der Waals surface area (Å²) in [4.78, 5) is 10.6. The number of aliphatic carboxylic acids is 1. The highest BCUT2D eigenvalue weighted by atomic mass is 16.4. The number of nitrogens with one attached hydrogen (secondary N) is 1. The summed E-state index contributed by atoms with van der Waals surface area (Å²) in [6.07, 6.45) is 0. The number of carbonyl (C=O) groups is 1. The van der Waals surface area contributed by atoms with Gasteiger partial charge in [-0.05, 0) is 17.0 Å². The quantitative estimate of drug-likeness (QED) is 0.745. The van der Waals surface area contributed by atoms with Crippen LogP contribution < -0.4 is 11.1 Å². The van der Waals surface area contributed by atoms with Gasteiger partial charge < -0.3 is 16.2 Å². The smallest absolute Gasteiger partial charge is 0.322 e. The molecule has 1 aromatic carbocycles. The molecule has 94 valence electrons. The molecule has 17 heavy (non-hydrogen) atoms. The maximum absolute atomic E-state index is 10.6. The fourth-order valence-corrected chi connectivity index (χ4v) is 1.60. The maximum Gasteiger partial charge on any atom is 0.322 e. The lowest BCUT2D eigenvalue weighted by Crippen LogP contribution is -2.37. The van der Waals surface area contributed by atoms with E-state index in [0.29, 0.717) is 0 Å². The van der Waals surface area contributed by atoms with E-state index in [0.717, 1.165) is 11.3 Å². The van der Waals surface area contributed by atoms with Crippen LogP contribution in [0.3, 0.4) is 0 Å². The Kier molecular flexibility index (Phi) is 4.12. The fourth-order valence-electron chi connectivity index (χ4n) is 1.60. The van der Waals surface area contributed by atoms with Gasteiger partial charge in [-0.2, -0.15) is 0 Å². The van der Waals surface area contributed by atoms with Crippen molar-refractivity contribution < 1.29 is 9.90 Å². The molecule has 1 unspecified atom stereocenters. The van der Waals surface area contributed by atoms with E-state index in [1.54, 1.807) is 0 Å². The Morgan fingerprint density at radius 1 is 1.41 bits per heavy atom. The van der Waals surface area contributed by atoms with Gasteiger partial charge in [0.1, 0.15) is 6.04 Å². The molecule has 0 heterocycles. The lowest BCUT2D eigenvalue weighted by atomic mass is 9.86. The van der Waals surface area contributed by atoms with Crippen LogP contribution in [0.1, 0.15) is 26.3 Å². The van der Waals surface area contributed by atoms with Crippen molar-refractivity contribution in [3.8, 4) is 0 Å². The van der Waals surface area contributed by atoms with Crippen molar-refractivity contribution in [1.29, 1.82) is 0 Å². The van der Waals surface area contributed by atoms with Gasteiger partial charge in [-0.1, -0.05) is 39.0 Å². The first-order chi connectivity index (χ1) is 7.82. The van der Waals surface area contributed by atoms with Crippen LogP contribution in [0.25, 0.3) is 0 Å². The molecule has 1 aromatic rings. The van der Waals surface area contributed by atoms with E-state index in [1.807, 2.05) is 24.3 Å². The third kappa shape index (κ3) is 3.75. The molecule has 0 aromatic heterocycles. The second-order valence-electron chi connectivity index (χ2n) is 5.12. The van der Waals surface area contributed by atoms with Gasteiger partial charge in [-0.3, -0.25) is 4.79 Å². The van der Waals surface area contributed by atoms with Crippen LogP contribution in [0, 0.1) is 0 Å². The van der Waals surface area contributed by atoms with Crippen LogP contribution in [0.15, 0.2) is 24.3 Å². The van der Waals surface area contributed by atoms with Crippen molar-refractivity contribution in [3.05, 3.63) is 29.8 Å². The topological polar surface area (TPSA) is 75.3 Å². The zero-order valence-corrected chi connectivity index (χ0v) is 10.5. The van der Waals surface area contributed by atoms with Gasteiger partial charge in [0.15, 0.2) is 0 Å². The van der Waals surface area contributed by atoms with E-state index in [-0.39, 0.29) is 12.0 Å². The van der Waals surface area contributed by atoms with Crippen LogP contribution >= 0.6 is 0 Å². The molecule has 0 radical (unpaired) electrons. The average Bonchev–Trinajstić information content (AvgIpc) is 2.24. The lowest BCUT2D eigenvalue weighted by molar-refractivity contribution is -0.138. The second-order valence-corrected chi connectivity index (χ2v) is 5.12. The number of carboxylic acids is 1. The Labute approximate surface area is 102 Å². The van der Waals surface area contributed by atoms with Crippen molar-refractivity contribution in [1.82, 2.24) is 0 Å². The predicted molar refractivity (Wildman–Crippen MR) is 69.2 cm³/mol. The van der Waals surface area contributed by atoms with E-state index in [4.69, 9.17) is 10.8 Å². The number of anilines is 1. The van der Waals surface area contributed by atoms with Gasteiger partial charge in [-0.15, -0.1) is 0 Å². The normalized spacial score (nSPS) is 13.2. The van der Waals surface area contributed by atoms with Crippen molar-refractivity contribution >= 4 is 11.7 Å². The largest absolute Gasteiger partial charge is 0.480 e. The van der Waals surface area contributed by atoms with Crippen molar-refractivity contribution in [2.24, 2.45) is 5.73 Å². The lowest BCUT2D eigenvalue weighted by Gasteiger charge is -2.23. The molecule has 4 nitrogen and oxygen atoms in total. The van der Waals surface area contributed by atoms with Gasteiger partial charge in [0.25, 0.3) is 0 Å². The minimum atomic E-state index is -0.995. The molecule has 0 aliphatic carbocycles. The average molecular weight is 236 g/mol. The predicted octanol–water partition coefficient (Wildman–Crippen LogP) is 1.81. The highest BCUT2D eigenvalue weighted by Gasteiger charge is 2.18. The maximum atomic E-state index is 10.6. The van der Waals surface area contributed by atoms with Crippen molar-refractivity contribution in [3.63, 3.8) is 0 Å². The summed E-state index contributed by atoms with van der Waals surface area (Å²) in [5.74, 6) is -0.995. The minimum Gasteiger partial charge on any atom is -0.480 e. The zero-order chi connectivity index (χ0) is 13.1. The molecule has 1 rings (SSSR count). The molecule has 0 aliphatic rings. The van der Waals surface area contributed by atoms with Gasteiger partial charge in [0.05, 0.1) is 0 Å². The van der Waals surface area contributed by atoms with Crippen molar-refractivity contribution in [2.75, 3.05) is 11.9 Å². The van der Waals surface area contributed by atoms with Crippen LogP contribution in [-0.4, -0.2) is 23.7 Å². The Morgan fingerprint density at radius 3 is 2.53 bits per heavy atom. The number of para-hydroxylation sites is 1. The van der Waals surface area contributed by atoms with Crippen molar-refractivity contribution in [2.45, 2.75) is 32.2 Å². The van der Waals surface area contributed by atoms with Gasteiger partial charge >= 0.3 is 5.97 Å². The molecule has 0 spiro atoms. The molecule has 0 aliphatic heterocycles. The fraction of sp³-hybridized carbons (Fsp3) is 0.462. The molecular formula is C13H20N2O2. The van der Waals surface area contributed by atoms with Gasteiger partial charge in [0, 0.05) is 12.2 Å². The molecule has 0 amide bonds. The summed E-state index contributed by atoms with van der Waals surface area (Å²) in [7, 11) is 0. The summed E-state index contributed by atoms with van der Waals surface area (Å²) in [5, 5.41) is 11.8. The molecule has 1 atom stereocenters.